The van der Waals surface area contributed by atoms with Gasteiger partial charge in [0.1, 0.15) is 0 Å². The summed E-state index contributed by atoms with van der Waals surface area (Å²) in [4.78, 5) is 10.6. The fourth-order valence-electron chi connectivity index (χ4n) is 1.23. The van der Waals surface area contributed by atoms with Gasteiger partial charge in [-0.05, 0) is 12.1 Å². The predicted octanol–water partition coefficient (Wildman–Crippen LogP) is 2.00. The first-order chi connectivity index (χ1) is 6.22. The van der Waals surface area contributed by atoms with Crippen LogP contribution in [0.5, 0.6) is 5.06 Å². The van der Waals surface area contributed by atoms with Crippen molar-refractivity contribution < 1.29 is 9.90 Å². The van der Waals surface area contributed by atoms with Crippen molar-refractivity contribution in [3.8, 4) is 5.06 Å². The average molecular weight is 193 g/mol. The highest BCUT2D eigenvalue weighted by atomic mass is 32.1. The van der Waals surface area contributed by atoms with Crippen molar-refractivity contribution in [2.24, 2.45) is 0 Å². The Morgan fingerprint density at radius 1 is 1.46 bits per heavy atom. The van der Waals surface area contributed by atoms with Gasteiger partial charge in [0, 0.05) is 15.8 Å². The van der Waals surface area contributed by atoms with E-state index in [0.29, 0.717) is 17.5 Å². The predicted molar refractivity (Wildman–Crippen MR) is 53.3 cm³/mol. The Labute approximate surface area is 78.4 Å². The number of nitrogen functional groups attached to an aromatic ring is 1. The lowest BCUT2D eigenvalue weighted by Crippen LogP contribution is -1.82. The SMILES string of the molecule is Nc1ccc2c(C=O)c(O)sc2c1. The van der Waals surface area contributed by atoms with Gasteiger partial charge >= 0.3 is 0 Å². The fourth-order valence-corrected chi connectivity index (χ4v) is 2.19. The second-order valence-corrected chi connectivity index (χ2v) is 3.72. The number of rotatable bonds is 1. The van der Waals surface area contributed by atoms with Crippen molar-refractivity contribution in [1.29, 1.82) is 0 Å². The van der Waals surface area contributed by atoms with Gasteiger partial charge < -0.3 is 10.8 Å². The maximum Gasteiger partial charge on any atom is 0.183 e. The van der Waals surface area contributed by atoms with Crippen LogP contribution < -0.4 is 5.73 Å². The van der Waals surface area contributed by atoms with Gasteiger partial charge in [-0.25, -0.2) is 0 Å². The number of benzene rings is 1. The van der Waals surface area contributed by atoms with E-state index in [9.17, 15) is 9.90 Å². The molecule has 0 bridgehead atoms. The molecule has 3 N–H and O–H groups in total. The molecule has 1 aromatic heterocycles. The van der Waals surface area contributed by atoms with E-state index in [-0.39, 0.29) is 5.06 Å². The molecule has 13 heavy (non-hydrogen) atoms. The number of fused-ring (bicyclic) bond motifs is 1. The van der Waals surface area contributed by atoms with Gasteiger partial charge in [-0.1, -0.05) is 17.4 Å². The largest absolute Gasteiger partial charge is 0.499 e. The topological polar surface area (TPSA) is 63.3 Å². The summed E-state index contributed by atoms with van der Waals surface area (Å²) in [5.41, 5.74) is 6.54. The molecular weight excluding hydrogens is 186 g/mol. The molecule has 0 aliphatic heterocycles. The standard InChI is InChI=1S/C9H7NO2S/c10-5-1-2-6-7(4-11)9(12)13-8(6)3-5/h1-4,12H,10H2. The highest BCUT2D eigenvalue weighted by Gasteiger charge is 2.09. The molecule has 0 radical (unpaired) electrons. The van der Waals surface area contributed by atoms with Gasteiger partial charge in [0.05, 0.1) is 5.56 Å². The van der Waals surface area contributed by atoms with E-state index in [2.05, 4.69) is 0 Å². The molecular formula is C9H7NO2S. The molecule has 66 valence electrons. The molecule has 1 heterocycles. The number of aromatic hydroxyl groups is 1. The van der Waals surface area contributed by atoms with Crippen LogP contribution in [0.2, 0.25) is 0 Å². The number of nitrogens with two attached hydrogens (primary N) is 1. The summed E-state index contributed by atoms with van der Waals surface area (Å²) >= 11 is 1.16. The number of aldehydes is 1. The van der Waals surface area contributed by atoms with Crippen LogP contribution >= 0.6 is 11.3 Å². The molecule has 2 aromatic rings. The molecule has 4 heteroatoms. The summed E-state index contributed by atoms with van der Waals surface area (Å²) in [6, 6.07) is 5.19. The van der Waals surface area contributed by atoms with E-state index in [1.165, 1.54) is 0 Å². The van der Waals surface area contributed by atoms with Crippen molar-refractivity contribution in [3.63, 3.8) is 0 Å². The summed E-state index contributed by atoms with van der Waals surface area (Å²) in [6.07, 6.45) is 0.657. The molecule has 0 saturated carbocycles. The Morgan fingerprint density at radius 3 is 2.92 bits per heavy atom. The van der Waals surface area contributed by atoms with Crippen LogP contribution in [0.1, 0.15) is 10.4 Å². The van der Waals surface area contributed by atoms with Gasteiger partial charge in [-0.3, -0.25) is 4.79 Å². The third-order valence-corrected chi connectivity index (χ3v) is 2.82. The molecule has 0 atom stereocenters. The van der Waals surface area contributed by atoms with Crippen LogP contribution in [0.15, 0.2) is 18.2 Å². The number of anilines is 1. The Kier molecular flexibility index (Phi) is 1.70. The van der Waals surface area contributed by atoms with Crippen LogP contribution in [-0.2, 0) is 0 Å². The van der Waals surface area contributed by atoms with Crippen molar-refractivity contribution in [2.45, 2.75) is 0 Å². The van der Waals surface area contributed by atoms with E-state index in [1.54, 1.807) is 18.2 Å². The lowest BCUT2D eigenvalue weighted by atomic mass is 10.2. The van der Waals surface area contributed by atoms with E-state index in [1.807, 2.05) is 0 Å². The van der Waals surface area contributed by atoms with Gasteiger partial charge in [0.25, 0.3) is 0 Å². The van der Waals surface area contributed by atoms with Crippen molar-refractivity contribution in [2.75, 3.05) is 5.73 Å². The Morgan fingerprint density at radius 2 is 2.23 bits per heavy atom. The van der Waals surface area contributed by atoms with E-state index in [0.717, 1.165) is 21.4 Å². The zero-order valence-electron chi connectivity index (χ0n) is 6.65. The summed E-state index contributed by atoms with van der Waals surface area (Å²) in [7, 11) is 0. The number of carbonyl (C=O) groups is 1. The molecule has 0 unspecified atom stereocenters. The zero-order chi connectivity index (χ0) is 9.42. The zero-order valence-corrected chi connectivity index (χ0v) is 7.47. The highest BCUT2D eigenvalue weighted by Crippen LogP contribution is 2.36. The Bertz CT molecular complexity index is 476. The van der Waals surface area contributed by atoms with Crippen LogP contribution in [-0.4, -0.2) is 11.4 Å². The molecule has 1 aromatic carbocycles. The lowest BCUT2D eigenvalue weighted by Gasteiger charge is -1.92. The van der Waals surface area contributed by atoms with Gasteiger partial charge in [-0.15, -0.1) is 0 Å². The summed E-state index contributed by atoms with van der Waals surface area (Å²) in [6.45, 7) is 0. The number of thiophene rings is 1. The minimum atomic E-state index is 0.0515. The number of carbonyl (C=O) groups excluding carboxylic acids is 1. The maximum atomic E-state index is 10.6. The first-order valence-electron chi connectivity index (χ1n) is 3.68. The van der Waals surface area contributed by atoms with Crippen LogP contribution in [0.25, 0.3) is 10.1 Å². The molecule has 0 aliphatic carbocycles. The summed E-state index contributed by atoms with van der Waals surface area (Å²) in [5.74, 6) is 0. The molecule has 0 amide bonds. The van der Waals surface area contributed by atoms with E-state index in [4.69, 9.17) is 5.73 Å². The second-order valence-electron chi connectivity index (χ2n) is 2.69. The minimum Gasteiger partial charge on any atom is -0.499 e. The van der Waals surface area contributed by atoms with Gasteiger partial charge in [0.15, 0.2) is 11.3 Å². The van der Waals surface area contributed by atoms with Crippen molar-refractivity contribution in [1.82, 2.24) is 0 Å². The van der Waals surface area contributed by atoms with Crippen molar-refractivity contribution in [3.05, 3.63) is 23.8 Å². The fraction of sp³-hybridized carbons (Fsp3) is 0. The molecule has 0 aliphatic rings. The summed E-state index contributed by atoms with van der Waals surface area (Å²) in [5, 5.41) is 10.2. The molecule has 2 rings (SSSR count). The molecule has 0 fully saturated rings. The first kappa shape index (κ1) is 8.07. The van der Waals surface area contributed by atoms with Gasteiger partial charge in [0.2, 0.25) is 0 Å². The average Bonchev–Trinajstić information content (AvgIpc) is 2.39. The van der Waals surface area contributed by atoms with Crippen LogP contribution in [0.4, 0.5) is 5.69 Å². The Balaban J connectivity index is 2.86. The quantitative estimate of drug-likeness (QED) is 0.537. The lowest BCUT2D eigenvalue weighted by molar-refractivity contribution is 0.112. The summed E-state index contributed by atoms with van der Waals surface area (Å²) < 4.78 is 0.833. The second kappa shape index (κ2) is 2.74. The smallest absolute Gasteiger partial charge is 0.183 e. The minimum absolute atomic E-state index is 0.0515. The molecule has 0 spiro atoms. The van der Waals surface area contributed by atoms with Crippen LogP contribution in [0, 0.1) is 0 Å². The van der Waals surface area contributed by atoms with Crippen LogP contribution in [0.3, 0.4) is 0 Å². The third-order valence-electron chi connectivity index (χ3n) is 1.85. The van der Waals surface area contributed by atoms with Crippen molar-refractivity contribution >= 4 is 33.4 Å². The number of hydrogen-bond acceptors (Lipinski definition) is 4. The van der Waals surface area contributed by atoms with E-state index < -0.39 is 0 Å². The normalized spacial score (nSPS) is 10.5. The van der Waals surface area contributed by atoms with Gasteiger partial charge in [-0.2, -0.15) is 0 Å². The molecule has 3 nitrogen and oxygen atoms in total. The highest BCUT2D eigenvalue weighted by molar-refractivity contribution is 7.21. The number of hydrogen-bond donors (Lipinski definition) is 2. The Hall–Kier alpha value is -1.55. The maximum absolute atomic E-state index is 10.6. The third kappa shape index (κ3) is 1.15. The first-order valence-corrected chi connectivity index (χ1v) is 4.50. The monoisotopic (exact) mass is 193 g/mol. The van der Waals surface area contributed by atoms with E-state index >= 15 is 0 Å². The molecule has 0 saturated heterocycles.